The number of para-hydroxylation sites is 4. The van der Waals surface area contributed by atoms with Crippen LogP contribution in [0.2, 0.25) is 0 Å². The van der Waals surface area contributed by atoms with E-state index in [0.29, 0.717) is 0 Å². The molecule has 14 rings (SSSR count). The number of anilines is 3. The van der Waals surface area contributed by atoms with Crippen molar-refractivity contribution in [3.63, 3.8) is 0 Å². The summed E-state index contributed by atoms with van der Waals surface area (Å²) in [5.74, 6) is 0.903. The molecule has 0 spiro atoms. The standard InChI is InChI=1S/C75H64N4/c1-51-23-22-38-74(79(68-44-39-56(47-53(68)3)54-24-8-4-9-25-54)61-42-46-73-67(50-61)64-33-17-20-36-70(64)78(73)58-30-14-7-15-31-58)75(51)65-34-18-21-37-71(65)76(59-40-43-62(52(2)48-59)55-26-10-5-11-27-55)60-41-45-72-66(49-60)63-32-16-19-35-69(63)77(72)57-28-12-6-13-29-57/h4-14,16-30,32-46,48-53,62,75H,15,31,47H2,1-3H3. The zero-order valence-electron chi connectivity index (χ0n) is 45.2. The number of nitrogens with zero attached hydrogens (tertiary/aromatic N) is 4. The molecule has 79 heavy (non-hydrogen) atoms. The molecule has 0 amide bonds. The molecule has 8 aromatic carbocycles. The van der Waals surface area contributed by atoms with Gasteiger partial charge in [-0.15, -0.1) is 0 Å². The van der Waals surface area contributed by atoms with E-state index in [1.807, 2.05) is 0 Å². The first-order valence-corrected chi connectivity index (χ1v) is 28.4. The van der Waals surface area contributed by atoms with Gasteiger partial charge in [0.15, 0.2) is 0 Å². The zero-order valence-corrected chi connectivity index (χ0v) is 45.2. The highest BCUT2D eigenvalue weighted by molar-refractivity contribution is 6.12. The molecule has 0 saturated carbocycles. The Morgan fingerprint density at radius 3 is 1.80 bits per heavy atom. The third kappa shape index (κ3) is 8.55. The fourth-order valence-electron chi connectivity index (χ4n) is 13.5. The van der Waals surface area contributed by atoms with Crippen molar-refractivity contribution in [2.45, 2.75) is 51.9 Å². The molecule has 0 aliphatic heterocycles. The molecule has 5 unspecified atom stereocenters. The molecule has 0 N–H and O–H groups in total. The fraction of sp³-hybridized carbons (Fsp3) is 0.147. The summed E-state index contributed by atoms with van der Waals surface area (Å²) in [7, 11) is 0. The van der Waals surface area contributed by atoms with Crippen LogP contribution in [0.4, 0.5) is 17.1 Å². The Hall–Kier alpha value is -9.12. The van der Waals surface area contributed by atoms with E-state index < -0.39 is 0 Å². The molecule has 2 aromatic heterocycles. The summed E-state index contributed by atoms with van der Waals surface area (Å²) < 4.78 is 4.92. The van der Waals surface area contributed by atoms with Crippen LogP contribution < -0.4 is 9.80 Å². The van der Waals surface area contributed by atoms with E-state index in [1.54, 1.807) is 0 Å². The van der Waals surface area contributed by atoms with Crippen molar-refractivity contribution >= 4 is 71.9 Å². The maximum atomic E-state index is 2.65. The summed E-state index contributed by atoms with van der Waals surface area (Å²) in [6.45, 7) is 7.22. The predicted octanol–water partition coefficient (Wildman–Crippen LogP) is 19.8. The average Bonchev–Trinajstić information content (AvgIpc) is 4.02. The van der Waals surface area contributed by atoms with Crippen LogP contribution in [0, 0.1) is 17.8 Å². The molecule has 4 aliphatic rings. The molecule has 10 aromatic rings. The Balaban J connectivity index is 0.962. The Kier molecular flexibility index (Phi) is 12.4. The third-order valence-electron chi connectivity index (χ3n) is 17.2. The topological polar surface area (TPSA) is 16.3 Å². The number of rotatable bonds is 11. The molecule has 4 nitrogen and oxygen atoms in total. The van der Waals surface area contributed by atoms with Gasteiger partial charge in [0.25, 0.3) is 0 Å². The second-order valence-electron chi connectivity index (χ2n) is 22.1. The van der Waals surface area contributed by atoms with Crippen LogP contribution in [0.3, 0.4) is 0 Å². The van der Waals surface area contributed by atoms with Gasteiger partial charge in [-0.25, -0.2) is 0 Å². The van der Waals surface area contributed by atoms with Gasteiger partial charge in [0, 0.05) is 84.8 Å². The molecule has 0 saturated heterocycles. The van der Waals surface area contributed by atoms with Gasteiger partial charge in [-0.2, -0.15) is 0 Å². The zero-order chi connectivity index (χ0) is 53.0. The Morgan fingerprint density at radius 1 is 0.481 bits per heavy atom. The van der Waals surface area contributed by atoms with Crippen LogP contribution in [-0.4, -0.2) is 9.13 Å². The maximum Gasteiger partial charge on any atom is 0.0542 e. The van der Waals surface area contributed by atoms with Gasteiger partial charge < -0.3 is 18.9 Å². The number of fused-ring (bicyclic) bond motifs is 6. The summed E-state index contributed by atoms with van der Waals surface area (Å²) in [5.41, 5.74) is 19.9. The van der Waals surface area contributed by atoms with Crippen LogP contribution >= 0.6 is 0 Å². The number of hydrogen-bond acceptors (Lipinski definition) is 2. The molecule has 5 atom stereocenters. The van der Waals surface area contributed by atoms with Gasteiger partial charge >= 0.3 is 0 Å². The normalized spacial score (nSPS) is 20.0. The average molecular weight is 1020 g/mol. The van der Waals surface area contributed by atoms with Crippen molar-refractivity contribution in [1.82, 2.24) is 9.13 Å². The highest BCUT2D eigenvalue weighted by Crippen LogP contribution is 2.50. The molecule has 384 valence electrons. The molecular weight excluding hydrogens is 957 g/mol. The molecule has 4 heteroatoms. The van der Waals surface area contributed by atoms with Gasteiger partial charge in [-0.05, 0) is 144 Å². The van der Waals surface area contributed by atoms with E-state index in [0.717, 1.165) is 30.6 Å². The van der Waals surface area contributed by atoms with Crippen molar-refractivity contribution in [2.24, 2.45) is 17.8 Å². The first kappa shape index (κ1) is 48.3. The summed E-state index contributed by atoms with van der Waals surface area (Å²) in [6.07, 6.45) is 29.1. The Morgan fingerprint density at radius 2 is 1.10 bits per heavy atom. The minimum Gasteiger partial charge on any atom is -0.317 e. The van der Waals surface area contributed by atoms with Crippen molar-refractivity contribution < 1.29 is 0 Å². The summed E-state index contributed by atoms with van der Waals surface area (Å²) in [4.78, 5) is 5.22. The van der Waals surface area contributed by atoms with Gasteiger partial charge in [0.2, 0.25) is 0 Å². The van der Waals surface area contributed by atoms with Crippen LogP contribution in [0.15, 0.2) is 284 Å². The molecule has 0 radical (unpaired) electrons. The lowest BCUT2D eigenvalue weighted by atomic mass is 9.78. The second kappa shape index (κ2) is 20.4. The van der Waals surface area contributed by atoms with E-state index in [4.69, 9.17) is 0 Å². The quantitative estimate of drug-likeness (QED) is 0.128. The molecular formula is C75H64N4. The largest absolute Gasteiger partial charge is 0.317 e. The predicted molar refractivity (Wildman–Crippen MR) is 335 cm³/mol. The summed E-state index contributed by atoms with van der Waals surface area (Å²) >= 11 is 0. The van der Waals surface area contributed by atoms with E-state index >= 15 is 0 Å². The van der Waals surface area contributed by atoms with Crippen molar-refractivity contribution in [1.29, 1.82) is 0 Å². The third-order valence-corrected chi connectivity index (χ3v) is 17.2. The van der Waals surface area contributed by atoms with E-state index in [9.17, 15) is 0 Å². The van der Waals surface area contributed by atoms with Crippen LogP contribution in [-0.2, 0) is 0 Å². The number of aromatic nitrogens is 2. The van der Waals surface area contributed by atoms with Crippen LogP contribution in [0.1, 0.15) is 68.6 Å². The van der Waals surface area contributed by atoms with Crippen LogP contribution in [0.25, 0.3) is 60.6 Å². The fourth-order valence-corrected chi connectivity index (χ4v) is 13.5. The highest BCUT2D eigenvalue weighted by Gasteiger charge is 2.36. The van der Waals surface area contributed by atoms with Crippen LogP contribution in [0.5, 0.6) is 0 Å². The first-order chi connectivity index (χ1) is 39.0. The van der Waals surface area contributed by atoms with E-state index in [-0.39, 0.29) is 29.6 Å². The van der Waals surface area contributed by atoms with Crippen molar-refractivity contribution in [3.05, 3.63) is 301 Å². The molecule has 2 heterocycles. The Labute approximate surface area is 464 Å². The lowest BCUT2D eigenvalue weighted by molar-refractivity contribution is 0.577. The first-order valence-electron chi connectivity index (χ1n) is 28.4. The summed E-state index contributed by atoms with van der Waals surface area (Å²) in [5, 5.41) is 5.01. The lowest BCUT2D eigenvalue weighted by Gasteiger charge is -2.42. The molecule has 0 bridgehead atoms. The van der Waals surface area contributed by atoms with Gasteiger partial charge in [-0.3, -0.25) is 0 Å². The monoisotopic (exact) mass is 1020 g/mol. The van der Waals surface area contributed by atoms with Gasteiger partial charge in [-0.1, -0.05) is 197 Å². The van der Waals surface area contributed by atoms with E-state index in [2.05, 4.69) is 307 Å². The second-order valence-corrected chi connectivity index (χ2v) is 22.1. The maximum absolute atomic E-state index is 2.65. The van der Waals surface area contributed by atoms with Crippen molar-refractivity contribution in [3.8, 4) is 5.69 Å². The number of hydrogen-bond donors (Lipinski definition) is 0. The molecule has 0 fully saturated rings. The smallest absolute Gasteiger partial charge is 0.0542 e. The minimum atomic E-state index is -0.0149. The summed E-state index contributed by atoms with van der Waals surface area (Å²) in [6, 6.07) is 74.3. The molecule has 4 aliphatic carbocycles. The number of allylic oxidation sites excluding steroid dienone is 15. The number of benzene rings is 8. The van der Waals surface area contributed by atoms with Gasteiger partial charge in [0.05, 0.1) is 22.1 Å². The SMILES string of the molecule is CC1CC(c2ccccc2)=CC=C1N(C1=CC=CC(C)C1c1ccccc1N(C1=CC(C)C(c2ccccc2)C=C1)c1ccc2c(c1)c1ccccc1n2-c1ccccc1)c1ccc2c(c1)c1ccccc1n2C1=CC=CCC1. The highest BCUT2D eigenvalue weighted by atomic mass is 15.2. The van der Waals surface area contributed by atoms with E-state index in [1.165, 1.54) is 100 Å². The Bertz CT molecular complexity index is 4230. The minimum absolute atomic E-state index is 0.0149. The lowest BCUT2D eigenvalue weighted by Crippen LogP contribution is -2.33. The van der Waals surface area contributed by atoms with Crippen molar-refractivity contribution in [2.75, 3.05) is 9.80 Å². The van der Waals surface area contributed by atoms with Gasteiger partial charge in [0.1, 0.15) is 0 Å².